The van der Waals surface area contributed by atoms with E-state index in [0.29, 0.717) is 10.8 Å². The molecule has 0 heterocycles. The van der Waals surface area contributed by atoms with Crippen molar-refractivity contribution in [3.05, 3.63) is 103 Å². The molecule has 1 N–H and O–H groups in total. The minimum absolute atomic E-state index is 0.0766. The smallest absolute Gasteiger partial charge is 0.0577 e. The number of aliphatic hydroxyl groups is 1. The van der Waals surface area contributed by atoms with Crippen LogP contribution in [0, 0.1) is 46.3 Å². The van der Waals surface area contributed by atoms with Crippen molar-refractivity contribution in [3.8, 4) is 0 Å². The molecule has 252 valence electrons. The summed E-state index contributed by atoms with van der Waals surface area (Å²) in [6, 6.07) is 32.3. The number of allylic oxidation sites excluding steroid dienone is 1. The van der Waals surface area contributed by atoms with Crippen LogP contribution in [0.2, 0.25) is 0 Å². The molecule has 0 aromatic heterocycles. The minimum atomic E-state index is -0.446. The van der Waals surface area contributed by atoms with Crippen LogP contribution in [0.5, 0.6) is 0 Å². The highest BCUT2D eigenvalue weighted by Crippen LogP contribution is 2.67. The summed E-state index contributed by atoms with van der Waals surface area (Å²) < 4.78 is 0. The first-order valence-corrected chi connectivity index (χ1v) is 20.4. The zero-order chi connectivity index (χ0) is 33.0. The van der Waals surface area contributed by atoms with Crippen molar-refractivity contribution in [3.63, 3.8) is 0 Å². The molecule has 3 aromatic carbocycles. The van der Waals surface area contributed by atoms with Gasteiger partial charge in [-0.1, -0.05) is 157 Å². The molecule has 4 aliphatic rings. The fourth-order valence-corrected chi connectivity index (χ4v) is 13.1. The lowest BCUT2D eigenvalue weighted by Crippen LogP contribution is -2.50. The Balaban J connectivity index is 0.000000177. The van der Waals surface area contributed by atoms with Crippen LogP contribution in [0.3, 0.4) is 0 Å². The first kappa shape index (κ1) is 34.6. The largest absolute Gasteiger partial charge is 0.393 e. The summed E-state index contributed by atoms with van der Waals surface area (Å²) in [5.41, 5.74) is 2.60. The van der Waals surface area contributed by atoms with Gasteiger partial charge in [0.05, 0.1) is 6.10 Å². The minimum Gasteiger partial charge on any atom is -0.393 e. The lowest BCUT2D eigenvalue weighted by atomic mass is 9.47. The predicted octanol–water partition coefficient (Wildman–Crippen LogP) is 10.8. The average Bonchev–Trinajstić information content (AvgIpc) is 3.44. The van der Waals surface area contributed by atoms with Gasteiger partial charge in [-0.05, 0) is 122 Å². The van der Waals surface area contributed by atoms with Gasteiger partial charge in [0.2, 0.25) is 0 Å². The van der Waals surface area contributed by atoms with E-state index in [9.17, 15) is 5.11 Å². The molecule has 1 unspecified atom stereocenters. The van der Waals surface area contributed by atoms with E-state index in [0.717, 1.165) is 48.3 Å². The second kappa shape index (κ2) is 15.1. The van der Waals surface area contributed by atoms with E-state index in [-0.39, 0.29) is 6.10 Å². The van der Waals surface area contributed by atoms with E-state index in [1.54, 1.807) is 5.57 Å². The molecule has 0 amide bonds. The predicted molar refractivity (Wildman–Crippen MR) is 204 cm³/mol. The summed E-state index contributed by atoms with van der Waals surface area (Å²) in [5, 5.41) is 14.4. The van der Waals surface area contributed by atoms with Gasteiger partial charge in [-0.3, -0.25) is 0 Å². The third kappa shape index (κ3) is 7.38. The van der Waals surface area contributed by atoms with Crippen LogP contribution in [0.15, 0.2) is 103 Å². The van der Waals surface area contributed by atoms with Crippen molar-refractivity contribution in [2.75, 3.05) is 0 Å². The number of hydrogen-bond acceptors (Lipinski definition) is 1. The SMILES string of the molecule is CC(C)CCCC(C)[C@H]1CC[C@H]2[C@@H]3CC=C4C[C@@H](O)CC[C@]4(C)[C@H]3CC[C@]12C.c1ccc(P(c2ccccc2)c2ccccc2)cc1. The summed E-state index contributed by atoms with van der Waals surface area (Å²) in [5.74, 6) is 5.46. The van der Waals surface area contributed by atoms with Crippen LogP contribution in [-0.2, 0) is 0 Å². The molecule has 47 heavy (non-hydrogen) atoms. The van der Waals surface area contributed by atoms with Gasteiger partial charge in [-0.2, -0.15) is 0 Å². The van der Waals surface area contributed by atoms with E-state index in [1.807, 2.05) is 0 Å². The zero-order valence-electron chi connectivity index (χ0n) is 30.0. The van der Waals surface area contributed by atoms with Crippen molar-refractivity contribution >= 4 is 23.8 Å². The first-order chi connectivity index (χ1) is 22.7. The molecular formula is C45H61OP. The lowest BCUT2D eigenvalue weighted by molar-refractivity contribution is -0.0573. The third-order valence-corrected chi connectivity index (χ3v) is 15.8. The summed E-state index contributed by atoms with van der Waals surface area (Å²) in [6.07, 6.45) is 17.2. The van der Waals surface area contributed by atoms with E-state index < -0.39 is 7.92 Å². The molecule has 1 nitrogen and oxygen atoms in total. The summed E-state index contributed by atoms with van der Waals surface area (Å²) in [6.45, 7) is 12.6. The molecule has 3 aromatic rings. The summed E-state index contributed by atoms with van der Waals surface area (Å²) >= 11 is 0. The van der Waals surface area contributed by atoms with Crippen LogP contribution in [0.25, 0.3) is 0 Å². The molecule has 0 bridgehead atoms. The molecule has 3 saturated carbocycles. The van der Waals surface area contributed by atoms with Gasteiger partial charge >= 0.3 is 0 Å². The zero-order valence-corrected chi connectivity index (χ0v) is 30.8. The fraction of sp³-hybridized carbons (Fsp3) is 0.556. The summed E-state index contributed by atoms with van der Waals surface area (Å²) in [4.78, 5) is 0. The van der Waals surface area contributed by atoms with Gasteiger partial charge in [0.15, 0.2) is 0 Å². The first-order valence-electron chi connectivity index (χ1n) is 19.0. The van der Waals surface area contributed by atoms with E-state index in [4.69, 9.17) is 0 Å². The topological polar surface area (TPSA) is 20.2 Å². The highest BCUT2D eigenvalue weighted by Gasteiger charge is 2.59. The monoisotopic (exact) mass is 648 g/mol. The van der Waals surface area contributed by atoms with Crippen LogP contribution in [-0.4, -0.2) is 11.2 Å². The Bertz CT molecular complexity index is 1340. The Morgan fingerprint density at radius 3 is 1.83 bits per heavy atom. The fourth-order valence-electron chi connectivity index (χ4n) is 10.8. The maximum absolute atomic E-state index is 10.2. The molecule has 4 aliphatic carbocycles. The van der Waals surface area contributed by atoms with Gasteiger partial charge in [0.1, 0.15) is 0 Å². The highest BCUT2D eigenvalue weighted by atomic mass is 31.1. The quantitative estimate of drug-likeness (QED) is 0.190. The Morgan fingerprint density at radius 2 is 1.28 bits per heavy atom. The number of aliphatic hydroxyl groups excluding tert-OH is 1. The molecule has 3 fully saturated rings. The summed E-state index contributed by atoms with van der Waals surface area (Å²) in [7, 11) is -0.446. The van der Waals surface area contributed by atoms with E-state index in [1.165, 1.54) is 73.7 Å². The number of hydrogen-bond donors (Lipinski definition) is 1. The Kier molecular flexibility index (Phi) is 11.2. The Labute approximate surface area is 288 Å². The van der Waals surface area contributed by atoms with Gasteiger partial charge < -0.3 is 5.11 Å². The molecule has 0 saturated heterocycles. The Morgan fingerprint density at radius 1 is 0.702 bits per heavy atom. The second-order valence-corrected chi connectivity index (χ2v) is 18.7. The van der Waals surface area contributed by atoms with Gasteiger partial charge in [0, 0.05) is 0 Å². The van der Waals surface area contributed by atoms with Crippen LogP contribution < -0.4 is 15.9 Å². The molecule has 0 spiro atoms. The normalized spacial score (nSPS) is 32.0. The Hall–Kier alpha value is -2.21. The lowest BCUT2D eigenvalue weighted by Gasteiger charge is -2.58. The molecular weight excluding hydrogens is 587 g/mol. The number of benzene rings is 3. The van der Waals surface area contributed by atoms with Gasteiger partial charge in [-0.25, -0.2) is 0 Å². The van der Waals surface area contributed by atoms with Crippen LogP contribution >= 0.6 is 7.92 Å². The third-order valence-electron chi connectivity index (χ3n) is 13.3. The number of rotatable bonds is 8. The highest BCUT2D eigenvalue weighted by molar-refractivity contribution is 7.79. The van der Waals surface area contributed by atoms with Gasteiger partial charge in [-0.15, -0.1) is 0 Å². The average molecular weight is 649 g/mol. The van der Waals surface area contributed by atoms with Crippen molar-refractivity contribution in [2.45, 2.75) is 111 Å². The van der Waals surface area contributed by atoms with Crippen molar-refractivity contribution < 1.29 is 5.11 Å². The maximum atomic E-state index is 10.2. The van der Waals surface area contributed by atoms with Crippen molar-refractivity contribution in [2.24, 2.45) is 46.3 Å². The number of fused-ring (bicyclic) bond motifs is 5. The van der Waals surface area contributed by atoms with Gasteiger partial charge in [0.25, 0.3) is 0 Å². The molecule has 2 heteroatoms. The van der Waals surface area contributed by atoms with Crippen molar-refractivity contribution in [1.29, 1.82) is 0 Å². The standard InChI is InChI=1S/C27H46O.C18H15P/c1-18(2)7-6-8-19(3)23-11-12-24-22-10-9-20-17-21(28)13-15-26(20,4)25(22)14-16-27(23,24)5;1-4-10-16(11-5-1)19(17-12-6-2-7-13-17)18-14-8-3-9-15-18/h9,18-19,21-25,28H,6-8,10-17H2,1-5H3;1-15H/t19?,21-,22-,23+,24-,25-,26-,27+;/m0./s1. The van der Waals surface area contributed by atoms with Crippen LogP contribution in [0.1, 0.15) is 105 Å². The van der Waals surface area contributed by atoms with Crippen LogP contribution in [0.4, 0.5) is 0 Å². The second-order valence-electron chi connectivity index (χ2n) is 16.5. The molecule has 8 atom stereocenters. The molecule has 0 radical (unpaired) electrons. The molecule has 7 rings (SSSR count). The van der Waals surface area contributed by atoms with Crippen molar-refractivity contribution in [1.82, 2.24) is 0 Å². The van der Waals surface area contributed by atoms with E-state index >= 15 is 0 Å². The maximum Gasteiger partial charge on any atom is 0.0577 e. The molecule has 0 aliphatic heterocycles. The van der Waals surface area contributed by atoms with E-state index in [2.05, 4.69) is 132 Å².